The number of nitrogens with one attached hydrogen (secondary N) is 2. The zero-order valence-corrected chi connectivity index (χ0v) is 14.3. The molecular weight excluding hydrogens is 351 g/mol. The third kappa shape index (κ3) is 3.97. The molecule has 0 fully saturated rings. The third-order valence-electron chi connectivity index (χ3n) is 2.84. The largest absolute Gasteiger partial charge is 0.316 e. The van der Waals surface area contributed by atoms with Gasteiger partial charge in [-0.25, -0.2) is 13.1 Å². The minimum absolute atomic E-state index is 0.0362. The van der Waals surface area contributed by atoms with Crippen LogP contribution in [0.25, 0.3) is 0 Å². The maximum Gasteiger partial charge on any atom is 0.242 e. The molecule has 0 unspecified atom stereocenters. The van der Waals surface area contributed by atoms with Crippen molar-refractivity contribution in [3.05, 3.63) is 50.1 Å². The molecule has 8 heteroatoms. The maximum absolute atomic E-state index is 12.4. The van der Waals surface area contributed by atoms with Gasteiger partial charge in [-0.05, 0) is 41.6 Å². The van der Waals surface area contributed by atoms with Crippen LogP contribution in [-0.4, -0.2) is 15.5 Å². The fourth-order valence-electron chi connectivity index (χ4n) is 1.77. The van der Waals surface area contributed by atoms with Crippen molar-refractivity contribution < 1.29 is 8.42 Å². The van der Waals surface area contributed by atoms with Crippen LogP contribution in [0.5, 0.6) is 0 Å². The summed E-state index contributed by atoms with van der Waals surface area (Å²) in [5.74, 6) is 0. The Hall–Kier alpha value is -0.630. The molecule has 1 aromatic carbocycles. The highest BCUT2D eigenvalue weighted by atomic mass is 35.5. The summed E-state index contributed by atoms with van der Waals surface area (Å²) in [7, 11) is -1.95. The Kier molecular flexibility index (Phi) is 5.65. The molecule has 4 nitrogen and oxygen atoms in total. The minimum Gasteiger partial charge on any atom is -0.316 e. The summed E-state index contributed by atoms with van der Waals surface area (Å²) in [6.07, 6.45) is 0. The Morgan fingerprint density at radius 3 is 2.57 bits per heavy atom. The summed E-state index contributed by atoms with van der Waals surface area (Å²) >= 11 is 13.8. The summed E-state index contributed by atoms with van der Waals surface area (Å²) in [5, 5.41) is 7.28. The topological polar surface area (TPSA) is 58.2 Å². The van der Waals surface area contributed by atoms with Crippen LogP contribution in [-0.2, 0) is 23.1 Å². The van der Waals surface area contributed by atoms with Gasteiger partial charge in [0.15, 0.2) is 0 Å². The van der Waals surface area contributed by atoms with Crippen LogP contribution in [0.2, 0.25) is 10.0 Å². The van der Waals surface area contributed by atoms with Gasteiger partial charge < -0.3 is 5.32 Å². The van der Waals surface area contributed by atoms with Crippen LogP contribution < -0.4 is 10.0 Å². The molecule has 2 N–H and O–H groups in total. The summed E-state index contributed by atoms with van der Waals surface area (Å²) in [6.45, 7) is 0.623. The summed E-state index contributed by atoms with van der Waals surface area (Å²) in [6, 6.07) is 4.82. The van der Waals surface area contributed by atoms with Gasteiger partial charge in [-0.15, -0.1) is 0 Å². The van der Waals surface area contributed by atoms with Gasteiger partial charge >= 0.3 is 0 Å². The highest BCUT2D eigenvalue weighted by Gasteiger charge is 2.21. The highest BCUT2D eigenvalue weighted by Crippen LogP contribution is 2.31. The normalized spacial score (nSPS) is 11.8. The Morgan fingerprint density at radius 2 is 1.95 bits per heavy atom. The lowest BCUT2D eigenvalue weighted by molar-refractivity contribution is 0.581. The lowest BCUT2D eigenvalue weighted by atomic mass is 10.2. The quantitative estimate of drug-likeness (QED) is 0.826. The number of sulfonamides is 1. The SMILES string of the molecule is CNCc1c(Cl)ccc(S(=O)(=O)NCc2ccsc2)c1Cl. The van der Waals surface area contributed by atoms with Crippen molar-refractivity contribution in [1.29, 1.82) is 0 Å². The average Bonchev–Trinajstić information content (AvgIpc) is 2.94. The number of hydrogen-bond donors (Lipinski definition) is 2. The van der Waals surface area contributed by atoms with Crippen LogP contribution in [0.1, 0.15) is 11.1 Å². The van der Waals surface area contributed by atoms with Crippen molar-refractivity contribution in [2.45, 2.75) is 18.0 Å². The van der Waals surface area contributed by atoms with Crippen LogP contribution in [0.4, 0.5) is 0 Å². The molecule has 1 heterocycles. The van der Waals surface area contributed by atoms with Gasteiger partial charge in [0.1, 0.15) is 4.90 Å². The molecule has 0 saturated carbocycles. The van der Waals surface area contributed by atoms with Gasteiger partial charge in [0, 0.05) is 23.7 Å². The summed E-state index contributed by atoms with van der Waals surface area (Å²) < 4.78 is 27.3. The molecule has 0 amide bonds. The molecule has 0 aliphatic carbocycles. The molecule has 114 valence electrons. The Morgan fingerprint density at radius 1 is 1.19 bits per heavy atom. The van der Waals surface area contributed by atoms with E-state index in [-0.39, 0.29) is 16.5 Å². The zero-order valence-electron chi connectivity index (χ0n) is 11.2. The second-order valence-corrected chi connectivity index (χ2v) is 7.63. The van der Waals surface area contributed by atoms with Gasteiger partial charge in [0.05, 0.1) is 5.02 Å². The fourth-order valence-corrected chi connectivity index (χ4v) is 4.37. The first kappa shape index (κ1) is 16.7. The van der Waals surface area contributed by atoms with Gasteiger partial charge in [0.25, 0.3) is 0 Å². The van der Waals surface area contributed by atoms with Crippen molar-refractivity contribution in [3.8, 4) is 0 Å². The van der Waals surface area contributed by atoms with E-state index in [1.807, 2.05) is 16.8 Å². The van der Waals surface area contributed by atoms with Crippen molar-refractivity contribution in [2.24, 2.45) is 0 Å². The zero-order chi connectivity index (χ0) is 15.5. The number of thiophene rings is 1. The molecule has 0 spiro atoms. The van der Waals surface area contributed by atoms with E-state index < -0.39 is 10.0 Å². The Labute approximate surface area is 138 Å². The lowest BCUT2D eigenvalue weighted by Crippen LogP contribution is -2.24. The number of halogens is 2. The molecule has 0 bridgehead atoms. The van der Waals surface area contributed by atoms with Gasteiger partial charge in [-0.1, -0.05) is 23.2 Å². The van der Waals surface area contributed by atoms with Crippen LogP contribution in [0.3, 0.4) is 0 Å². The van der Waals surface area contributed by atoms with Gasteiger partial charge in [-0.2, -0.15) is 11.3 Å². The average molecular weight is 365 g/mol. The van der Waals surface area contributed by atoms with E-state index in [1.165, 1.54) is 17.4 Å². The van der Waals surface area contributed by atoms with Crippen molar-refractivity contribution >= 4 is 44.6 Å². The fraction of sp³-hybridized carbons (Fsp3) is 0.231. The van der Waals surface area contributed by atoms with Crippen LogP contribution >= 0.6 is 34.5 Å². The predicted octanol–water partition coefficient (Wildman–Crippen LogP) is 3.25. The van der Waals surface area contributed by atoms with Crippen LogP contribution in [0, 0.1) is 0 Å². The molecule has 0 aliphatic rings. The van der Waals surface area contributed by atoms with Gasteiger partial charge in [-0.3, -0.25) is 0 Å². The Balaban J connectivity index is 2.29. The summed E-state index contributed by atoms with van der Waals surface area (Å²) in [5.41, 5.74) is 1.48. The van der Waals surface area contributed by atoms with Crippen molar-refractivity contribution in [3.63, 3.8) is 0 Å². The van der Waals surface area contributed by atoms with E-state index >= 15 is 0 Å². The van der Waals surface area contributed by atoms with E-state index in [0.717, 1.165) is 5.56 Å². The monoisotopic (exact) mass is 364 g/mol. The molecule has 2 aromatic rings. The molecule has 0 saturated heterocycles. The van der Waals surface area contributed by atoms with E-state index in [4.69, 9.17) is 23.2 Å². The van der Waals surface area contributed by atoms with Crippen LogP contribution in [0.15, 0.2) is 33.9 Å². The standard InChI is InChI=1S/C13H14Cl2N2O2S2/c1-16-7-10-11(14)2-3-12(13(10)15)21(18,19)17-6-9-4-5-20-8-9/h2-5,8,16-17H,6-7H2,1H3. The molecule has 0 atom stereocenters. The van der Waals surface area contributed by atoms with E-state index in [1.54, 1.807) is 13.1 Å². The number of hydrogen-bond acceptors (Lipinski definition) is 4. The third-order valence-corrected chi connectivity index (χ3v) is 5.91. The second kappa shape index (κ2) is 7.09. The Bertz CT molecular complexity index is 716. The molecule has 21 heavy (non-hydrogen) atoms. The minimum atomic E-state index is -3.69. The van der Waals surface area contributed by atoms with E-state index in [2.05, 4.69) is 10.0 Å². The van der Waals surface area contributed by atoms with Crippen molar-refractivity contribution in [2.75, 3.05) is 7.05 Å². The first-order chi connectivity index (χ1) is 9.95. The molecule has 1 aromatic heterocycles. The highest BCUT2D eigenvalue weighted by molar-refractivity contribution is 7.89. The maximum atomic E-state index is 12.4. The predicted molar refractivity (Wildman–Crippen MR) is 87.6 cm³/mol. The smallest absolute Gasteiger partial charge is 0.242 e. The first-order valence-electron chi connectivity index (χ1n) is 6.08. The second-order valence-electron chi connectivity index (χ2n) is 4.32. The number of benzene rings is 1. The molecule has 0 aliphatic heterocycles. The van der Waals surface area contributed by atoms with E-state index in [0.29, 0.717) is 17.1 Å². The first-order valence-corrected chi connectivity index (χ1v) is 9.26. The lowest BCUT2D eigenvalue weighted by Gasteiger charge is -2.12. The molecule has 2 rings (SSSR count). The van der Waals surface area contributed by atoms with Gasteiger partial charge in [0.2, 0.25) is 10.0 Å². The summed E-state index contributed by atoms with van der Waals surface area (Å²) in [4.78, 5) is 0.0362. The molecule has 0 radical (unpaired) electrons. The van der Waals surface area contributed by atoms with E-state index in [9.17, 15) is 8.42 Å². The van der Waals surface area contributed by atoms with Crippen molar-refractivity contribution in [1.82, 2.24) is 10.0 Å². The molecular formula is C13H14Cl2N2O2S2. The number of rotatable bonds is 6.